The van der Waals surface area contributed by atoms with Crippen LogP contribution in [0.3, 0.4) is 0 Å². The van der Waals surface area contributed by atoms with E-state index in [1.165, 1.54) is 11.3 Å². The number of para-hydroxylation sites is 1. The molecule has 23 heavy (non-hydrogen) atoms. The Morgan fingerprint density at radius 2 is 1.61 bits per heavy atom. The van der Waals surface area contributed by atoms with Gasteiger partial charge in [0.2, 0.25) is 0 Å². The fourth-order valence-corrected chi connectivity index (χ4v) is 3.13. The second-order valence-electron chi connectivity index (χ2n) is 5.79. The number of anilines is 2. The first-order valence-electron chi connectivity index (χ1n) is 8.21. The molecule has 1 fully saturated rings. The van der Waals surface area contributed by atoms with E-state index in [1.807, 2.05) is 0 Å². The summed E-state index contributed by atoms with van der Waals surface area (Å²) >= 11 is 5.57. The Morgan fingerprint density at radius 3 is 2.22 bits per heavy atom. The van der Waals surface area contributed by atoms with Crippen LogP contribution in [0.25, 0.3) is 0 Å². The zero-order valence-electron chi connectivity index (χ0n) is 13.5. The largest absolute Gasteiger partial charge is 0.368 e. The molecule has 0 bridgehead atoms. The molecule has 1 saturated heterocycles. The van der Waals surface area contributed by atoms with Crippen LogP contribution in [0.1, 0.15) is 12.5 Å². The molecule has 0 radical (unpaired) electrons. The van der Waals surface area contributed by atoms with Gasteiger partial charge in [-0.25, -0.2) is 0 Å². The lowest BCUT2D eigenvalue weighted by atomic mass is 10.1. The Balaban J connectivity index is 1.53. The van der Waals surface area contributed by atoms with Crippen LogP contribution in [-0.2, 0) is 6.42 Å². The van der Waals surface area contributed by atoms with E-state index in [0.717, 1.165) is 43.4 Å². The zero-order chi connectivity index (χ0) is 16.1. The lowest BCUT2D eigenvalue weighted by Gasteiger charge is -2.37. The molecule has 0 aromatic heterocycles. The van der Waals surface area contributed by atoms with Crippen molar-refractivity contribution in [2.75, 3.05) is 36.4 Å². The van der Waals surface area contributed by atoms with Crippen molar-refractivity contribution in [1.29, 1.82) is 0 Å². The molecular weight excluding hydrogens is 302 g/mol. The zero-order valence-corrected chi connectivity index (χ0v) is 14.4. The van der Waals surface area contributed by atoms with Crippen LogP contribution in [0.15, 0.2) is 54.6 Å². The second-order valence-corrected chi connectivity index (χ2v) is 6.18. The van der Waals surface area contributed by atoms with Crippen molar-refractivity contribution < 1.29 is 0 Å². The monoisotopic (exact) mass is 325 g/mol. The predicted molar refractivity (Wildman–Crippen MR) is 102 cm³/mol. The Kier molecular flexibility index (Phi) is 5.13. The van der Waals surface area contributed by atoms with Crippen LogP contribution in [0.5, 0.6) is 0 Å². The molecule has 1 aliphatic rings. The Morgan fingerprint density at radius 1 is 0.957 bits per heavy atom. The highest BCUT2D eigenvalue weighted by Crippen LogP contribution is 2.16. The first-order valence-corrected chi connectivity index (χ1v) is 8.62. The average molecular weight is 325 g/mol. The molecule has 0 amide bonds. The van der Waals surface area contributed by atoms with E-state index in [0.29, 0.717) is 0 Å². The summed E-state index contributed by atoms with van der Waals surface area (Å²) in [5.41, 5.74) is 3.71. The van der Waals surface area contributed by atoms with Gasteiger partial charge in [0.1, 0.15) is 0 Å². The SMILES string of the molecule is CCc1ccc(NC(=S)N2CCN(c3ccccc3)CC2)cc1. The van der Waals surface area contributed by atoms with Crippen LogP contribution in [0, 0.1) is 0 Å². The molecule has 1 heterocycles. The standard InChI is InChI=1S/C19H23N3S/c1-2-16-8-10-17(11-9-16)20-19(23)22-14-12-21(13-15-22)18-6-4-3-5-7-18/h3-11H,2,12-15H2,1H3,(H,20,23). The molecule has 3 nitrogen and oxygen atoms in total. The fourth-order valence-electron chi connectivity index (χ4n) is 2.83. The highest BCUT2D eigenvalue weighted by molar-refractivity contribution is 7.80. The number of piperazine rings is 1. The van der Waals surface area contributed by atoms with Crippen molar-refractivity contribution >= 4 is 28.7 Å². The Labute approximate surface area is 143 Å². The molecular formula is C19H23N3S. The van der Waals surface area contributed by atoms with Crippen molar-refractivity contribution in [3.05, 3.63) is 60.2 Å². The third-order valence-corrected chi connectivity index (χ3v) is 4.66. The molecule has 2 aromatic rings. The van der Waals surface area contributed by atoms with Crippen LogP contribution in [0.2, 0.25) is 0 Å². The number of benzene rings is 2. The van der Waals surface area contributed by atoms with Gasteiger partial charge in [0.25, 0.3) is 0 Å². The molecule has 3 rings (SSSR count). The van der Waals surface area contributed by atoms with Crippen LogP contribution in [-0.4, -0.2) is 36.2 Å². The van der Waals surface area contributed by atoms with Gasteiger partial charge in [0.15, 0.2) is 5.11 Å². The number of nitrogens with zero attached hydrogens (tertiary/aromatic N) is 2. The van der Waals surface area contributed by atoms with Gasteiger partial charge in [-0.3, -0.25) is 0 Å². The fraction of sp³-hybridized carbons (Fsp3) is 0.316. The average Bonchev–Trinajstić information content (AvgIpc) is 2.63. The summed E-state index contributed by atoms with van der Waals surface area (Å²) in [6, 6.07) is 19.1. The normalized spacial score (nSPS) is 14.7. The maximum atomic E-state index is 5.57. The number of hydrogen-bond acceptors (Lipinski definition) is 2. The third kappa shape index (κ3) is 4.02. The lowest BCUT2D eigenvalue weighted by molar-refractivity contribution is 0.391. The van der Waals surface area contributed by atoms with Crippen molar-refractivity contribution in [2.24, 2.45) is 0 Å². The van der Waals surface area contributed by atoms with Crippen LogP contribution < -0.4 is 10.2 Å². The molecule has 0 aliphatic carbocycles. The third-order valence-electron chi connectivity index (χ3n) is 4.30. The van der Waals surface area contributed by atoms with Gasteiger partial charge in [-0.1, -0.05) is 37.3 Å². The summed E-state index contributed by atoms with van der Waals surface area (Å²) in [6.07, 6.45) is 1.06. The molecule has 0 atom stereocenters. The maximum absolute atomic E-state index is 5.57. The summed E-state index contributed by atoms with van der Waals surface area (Å²) in [5.74, 6) is 0. The molecule has 0 unspecified atom stereocenters. The topological polar surface area (TPSA) is 18.5 Å². The van der Waals surface area contributed by atoms with Crippen molar-refractivity contribution in [3.8, 4) is 0 Å². The van der Waals surface area contributed by atoms with E-state index in [-0.39, 0.29) is 0 Å². The smallest absolute Gasteiger partial charge is 0.173 e. The van der Waals surface area contributed by atoms with Gasteiger partial charge >= 0.3 is 0 Å². The number of aryl methyl sites for hydroxylation is 1. The van der Waals surface area contributed by atoms with E-state index in [4.69, 9.17) is 12.2 Å². The van der Waals surface area contributed by atoms with E-state index < -0.39 is 0 Å². The summed E-state index contributed by atoms with van der Waals surface area (Å²) in [6.45, 7) is 6.07. The lowest BCUT2D eigenvalue weighted by Crippen LogP contribution is -2.50. The number of rotatable bonds is 3. The van der Waals surface area contributed by atoms with E-state index in [9.17, 15) is 0 Å². The number of hydrogen-bond donors (Lipinski definition) is 1. The van der Waals surface area contributed by atoms with E-state index in [1.54, 1.807) is 0 Å². The molecule has 1 aliphatic heterocycles. The highest BCUT2D eigenvalue weighted by atomic mass is 32.1. The first-order chi connectivity index (χ1) is 11.3. The van der Waals surface area contributed by atoms with Crippen LogP contribution in [0.4, 0.5) is 11.4 Å². The first kappa shape index (κ1) is 15.8. The quantitative estimate of drug-likeness (QED) is 0.866. The van der Waals surface area contributed by atoms with Gasteiger partial charge in [-0.2, -0.15) is 0 Å². The number of thiocarbonyl (C=S) groups is 1. The Bertz CT molecular complexity index is 631. The van der Waals surface area contributed by atoms with Gasteiger partial charge in [-0.05, 0) is 48.5 Å². The van der Waals surface area contributed by atoms with Gasteiger partial charge in [-0.15, -0.1) is 0 Å². The molecule has 120 valence electrons. The minimum atomic E-state index is 0.821. The van der Waals surface area contributed by atoms with Crippen molar-refractivity contribution in [3.63, 3.8) is 0 Å². The predicted octanol–water partition coefficient (Wildman–Crippen LogP) is 3.77. The Hall–Kier alpha value is -2.07. The summed E-state index contributed by atoms with van der Waals surface area (Å²) < 4.78 is 0. The highest BCUT2D eigenvalue weighted by Gasteiger charge is 2.19. The summed E-state index contributed by atoms with van der Waals surface area (Å²) in [7, 11) is 0. The summed E-state index contributed by atoms with van der Waals surface area (Å²) in [5, 5.41) is 4.18. The van der Waals surface area contributed by atoms with Gasteiger partial charge in [0, 0.05) is 37.6 Å². The molecule has 0 saturated carbocycles. The summed E-state index contributed by atoms with van der Waals surface area (Å²) in [4.78, 5) is 4.66. The molecule has 4 heteroatoms. The molecule has 2 aromatic carbocycles. The van der Waals surface area contributed by atoms with E-state index >= 15 is 0 Å². The minimum Gasteiger partial charge on any atom is -0.368 e. The van der Waals surface area contributed by atoms with Crippen LogP contribution >= 0.6 is 12.2 Å². The van der Waals surface area contributed by atoms with Crippen molar-refractivity contribution in [1.82, 2.24) is 4.90 Å². The number of nitrogens with one attached hydrogen (secondary N) is 1. The second kappa shape index (κ2) is 7.47. The minimum absolute atomic E-state index is 0.821. The molecule has 0 spiro atoms. The maximum Gasteiger partial charge on any atom is 0.173 e. The van der Waals surface area contributed by atoms with Crippen molar-refractivity contribution in [2.45, 2.75) is 13.3 Å². The molecule has 1 N–H and O–H groups in total. The van der Waals surface area contributed by atoms with Gasteiger partial charge < -0.3 is 15.1 Å². The van der Waals surface area contributed by atoms with E-state index in [2.05, 4.69) is 76.6 Å². The van der Waals surface area contributed by atoms with Gasteiger partial charge in [0.05, 0.1) is 0 Å².